The van der Waals surface area contributed by atoms with Crippen LogP contribution in [0.2, 0.25) is 10.0 Å². The fourth-order valence-electron chi connectivity index (χ4n) is 1.80. The summed E-state index contributed by atoms with van der Waals surface area (Å²) in [4.78, 5) is 23.4. The molecule has 2 rings (SSSR count). The third kappa shape index (κ3) is 4.79. The standard InChI is InChI=1S/C14H17Cl2N3O2/c15-10-6-8(7-11(16)13(10)17)14(21)18-5-1-2-12(20)19-9-3-4-9/h6-7,9H,1-5,17H2,(H,18,21)(H,19,20). The van der Waals surface area contributed by atoms with Crippen molar-refractivity contribution in [2.75, 3.05) is 12.3 Å². The number of halogens is 2. The van der Waals surface area contributed by atoms with Gasteiger partial charge in [-0.1, -0.05) is 23.2 Å². The first-order valence-electron chi connectivity index (χ1n) is 6.79. The van der Waals surface area contributed by atoms with Gasteiger partial charge in [0.05, 0.1) is 15.7 Å². The van der Waals surface area contributed by atoms with Crippen LogP contribution >= 0.6 is 23.2 Å². The maximum absolute atomic E-state index is 11.9. The quantitative estimate of drug-likeness (QED) is 0.553. The number of nitrogen functional groups attached to an aromatic ring is 1. The van der Waals surface area contributed by atoms with E-state index >= 15 is 0 Å². The second kappa shape index (κ2) is 7.00. The van der Waals surface area contributed by atoms with Crippen LogP contribution in [0.15, 0.2) is 12.1 Å². The average Bonchev–Trinajstić information content (AvgIpc) is 3.24. The molecule has 4 N–H and O–H groups in total. The summed E-state index contributed by atoms with van der Waals surface area (Å²) >= 11 is 11.8. The minimum atomic E-state index is -0.290. The Morgan fingerprint density at radius 2 is 1.86 bits per heavy atom. The van der Waals surface area contributed by atoms with E-state index in [1.807, 2.05) is 0 Å². The Labute approximate surface area is 133 Å². The summed E-state index contributed by atoms with van der Waals surface area (Å²) in [5.74, 6) is -0.258. The van der Waals surface area contributed by atoms with Crippen molar-refractivity contribution in [2.24, 2.45) is 0 Å². The molecule has 0 bridgehead atoms. The minimum Gasteiger partial charge on any atom is -0.396 e. The van der Waals surface area contributed by atoms with Gasteiger partial charge in [-0.3, -0.25) is 9.59 Å². The lowest BCUT2D eigenvalue weighted by molar-refractivity contribution is -0.121. The molecule has 21 heavy (non-hydrogen) atoms. The lowest BCUT2D eigenvalue weighted by Crippen LogP contribution is -2.28. The van der Waals surface area contributed by atoms with Crippen LogP contribution in [0.1, 0.15) is 36.0 Å². The highest BCUT2D eigenvalue weighted by Crippen LogP contribution is 2.28. The molecule has 2 amide bonds. The molecule has 1 fully saturated rings. The maximum Gasteiger partial charge on any atom is 0.251 e. The molecule has 0 aliphatic heterocycles. The van der Waals surface area contributed by atoms with E-state index in [1.54, 1.807) is 0 Å². The fraction of sp³-hybridized carbons (Fsp3) is 0.429. The predicted octanol–water partition coefficient (Wildman–Crippen LogP) is 2.36. The summed E-state index contributed by atoms with van der Waals surface area (Å²) in [5.41, 5.74) is 6.22. The third-order valence-electron chi connectivity index (χ3n) is 3.15. The molecule has 0 atom stereocenters. The predicted molar refractivity (Wildman–Crippen MR) is 83.6 cm³/mol. The van der Waals surface area contributed by atoms with Crippen molar-refractivity contribution >= 4 is 40.7 Å². The van der Waals surface area contributed by atoms with Crippen LogP contribution in [0, 0.1) is 0 Å². The van der Waals surface area contributed by atoms with Crippen LogP contribution in [0.5, 0.6) is 0 Å². The number of nitrogens with two attached hydrogens (primary N) is 1. The number of benzene rings is 1. The van der Waals surface area contributed by atoms with Gasteiger partial charge >= 0.3 is 0 Å². The van der Waals surface area contributed by atoms with Gasteiger partial charge in [-0.2, -0.15) is 0 Å². The molecular formula is C14H17Cl2N3O2. The lowest BCUT2D eigenvalue weighted by Gasteiger charge is -2.08. The Bertz CT molecular complexity index is 536. The van der Waals surface area contributed by atoms with Gasteiger partial charge in [-0.05, 0) is 31.4 Å². The highest BCUT2D eigenvalue weighted by Gasteiger charge is 2.22. The first-order valence-corrected chi connectivity index (χ1v) is 7.55. The van der Waals surface area contributed by atoms with E-state index in [-0.39, 0.29) is 27.5 Å². The Hall–Kier alpha value is -1.46. The summed E-state index contributed by atoms with van der Waals surface area (Å²) < 4.78 is 0. The summed E-state index contributed by atoms with van der Waals surface area (Å²) in [6.45, 7) is 0.413. The molecule has 114 valence electrons. The molecule has 0 radical (unpaired) electrons. The average molecular weight is 330 g/mol. The molecular weight excluding hydrogens is 313 g/mol. The van der Waals surface area contributed by atoms with E-state index in [1.165, 1.54) is 12.1 Å². The van der Waals surface area contributed by atoms with Crippen LogP contribution in [0.25, 0.3) is 0 Å². The second-order valence-corrected chi connectivity index (χ2v) is 5.87. The number of amides is 2. The van der Waals surface area contributed by atoms with Crippen molar-refractivity contribution in [2.45, 2.75) is 31.7 Å². The van der Waals surface area contributed by atoms with Crippen LogP contribution < -0.4 is 16.4 Å². The Balaban J connectivity index is 1.75. The van der Waals surface area contributed by atoms with Gasteiger partial charge in [-0.25, -0.2) is 0 Å². The highest BCUT2D eigenvalue weighted by atomic mass is 35.5. The molecule has 0 saturated heterocycles. The van der Waals surface area contributed by atoms with Gasteiger partial charge in [0.25, 0.3) is 5.91 Å². The normalized spacial score (nSPS) is 13.8. The third-order valence-corrected chi connectivity index (χ3v) is 3.78. The summed E-state index contributed by atoms with van der Waals surface area (Å²) in [6, 6.07) is 3.31. The largest absolute Gasteiger partial charge is 0.396 e. The topological polar surface area (TPSA) is 84.2 Å². The number of hydrogen-bond acceptors (Lipinski definition) is 3. The van der Waals surface area contributed by atoms with Gasteiger partial charge in [-0.15, -0.1) is 0 Å². The molecule has 1 saturated carbocycles. The SMILES string of the molecule is Nc1c(Cl)cc(C(=O)NCCCC(=O)NC2CC2)cc1Cl. The Morgan fingerprint density at radius 3 is 2.43 bits per heavy atom. The summed E-state index contributed by atoms with van der Waals surface area (Å²) in [6.07, 6.45) is 3.13. The fourth-order valence-corrected chi connectivity index (χ4v) is 2.28. The molecule has 0 aromatic heterocycles. The molecule has 1 aliphatic carbocycles. The Morgan fingerprint density at radius 1 is 1.24 bits per heavy atom. The maximum atomic E-state index is 11.9. The monoisotopic (exact) mass is 329 g/mol. The van der Waals surface area contributed by atoms with Crippen molar-refractivity contribution in [3.8, 4) is 0 Å². The molecule has 1 aromatic rings. The molecule has 1 aliphatic rings. The van der Waals surface area contributed by atoms with E-state index < -0.39 is 0 Å². The van der Waals surface area contributed by atoms with Crippen molar-refractivity contribution in [3.05, 3.63) is 27.7 Å². The molecule has 1 aromatic carbocycles. The summed E-state index contributed by atoms with van der Waals surface area (Å²) in [5, 5.41) is 6.11. The molecule has 7 heteroatoms. The summed E-state index contributed by atoms with van der Waals surface area (Å²) in [7, 11) is 0. The van der Waals surface area contributed by atoms with Crippen molar-refractivity contribution in [3.63, 3.8) is 0 Å². The van der Waals surface area contributed by atoms with Crippen molar-refractivity contribution in [1.82, 2.24) is 10.6 Å². The second-order valence-electron chi connectivity index (χ2n) is 5.05. The van der Waals surface area contributed by atoms with E-state index in [2.05, 4.69) is 10.6 Å². The zero-order valence-electron chi connectivity index (χ0n) is 11.4. The molecule has 0 unspecified atom stereocenters. The zero-order chi connectivity index (χ0) is 15.4. The molecule has 0 heterocycles. The molecule has 5 nitrogen and oxygen atoms in total. The number of anilines is 1. The van der Waals surface area contributed by atoms with Gasteiger partial charge in [0, 0.05) is 24.6 Å². The number of carbonyl (C=O) groups excluding carboxylic acids is 2. The lowest BCUT2D eigenvalue weighted by atomic mass is 10.2. The van der Waals surface area contributed by atoms with E-state index in [4.69, 9.17) is 28.9 Å². The van der Waals surface area contributed by atoms with Gasteiger partial charge in [0.1, 0.15) is 0 Å². The Kier molecular flexibility index (Phi) is 5.31. The molecule has 0 spiro atoms. The van der Waals surface area contributed by atoms with Gasteiger partial charge in [0.2, 0.25) is 5.91 Å². The first-order chi connectivity index (χ1) is 9.97. The number of hydrogen-bond donors (Lipinski definition) is 3. The van der Waals surface area contributed by atoms with Crippen LogP contribution in [-0.2, 0) is 4.79 Å². The van der Waals surface area contributed by atoms with Crippen molar-refractivity contribution in [1.29, 1.82) is 0 Å². The number of carbonyl (C=O) groups is 2. The number of rotatable bonds is 6. The van der Waals surface area contributed by atoms with Crippen LogP contribution in [0.3, 0.4) is 0 Å². The minimum absolute atomic E-state index is 0.0327. The van der Waals surface area contributed by atoms with Crippen LogP contribution in [-0.4, -0.2) is 24.4 Å². The number of nitrogens with one attached hydrogen (secondary N) is 2. The van der Waals surface area contributed by atoms with Gasteiger partial charge in [0.15, 0.2) is 0 Å². The van der Waals surface area contributed by atoms with E-state index in [9.17, 15) is 9.59 Å². The highest BCUT2D eigenvalue weighted by molar-refractivity contribution is 6.39. The van der Waals surface area contributed by atoms with Crippen molar-refractivity contribution < 1.29 is 9.59 Å². The zero-order valence-corrected chi connectivity index (χ0v) is 12.9. The smallest absolute Gasteiger partial charge is 0.251 e. The van der Waals surface area contributed by atoms with E-state index in [0.717, 1.165) is 12.8 Å². The van der Waals surface area contributed by atoms with E-state index in [0.29, 0.717) is 31.0 Å². The van der Waals surface area contributed by atoms with Crippen LogP contribution in [0.4, 0.5) is 5.69 Å². The first kappa shape index (κ1) is 15.9. The van der Waals surface area contributed by atoms with Gasteiger partial charge < -0.3 is 16.4 Å².